The molecule has 1 fully saturated rings. The Kier molecular flexibility index (Phi) is 3.55. The molecule has 3 rings (SSSR count). The van der Waals surface area contributed by atoms with Gasteiger partial charge in [0.25, 0.3) is 0 Å². The lowest BCUT2D eigenvalue weighted by atomic mass is 10.0. The summed E-state index contributed by atoms with van der Waals surface area (Å²) in [6.07, 6.45) is 3.85. The fraction of sp³-hybridized carbons (Fsp3) is 0.278. The van der Waals surface area contributed by atoms with E-state index in [1.54, 1.807) is 0 Å². The highest BCUT2D eigenvalue weighted by molar-refractivity contribution is 5.90. The number of hydrogen-bond acceptors (Lipinski definition) is 1. The smallest absolute Gasteiger partial charge is 0.226 e. The quantitative estimate of drug-likeness (QED) is 0.796. The number of carbonyl (C=O) groups excluding carboxylic acids is 1. The summed E-state index contributed by atoms with van der Waals surface area (Å²) in [5, 5.41) is 2.40. The minimum Gasteiger partial charge on any atom is -0.312 e. The number of amides is 1. The molecule has 0 N–H and O–H groups in total. The Bertz CT molecular complexity index is 659. The summed E-state index contributed by atoms with van der Waals surface area (Å²) in [7, 11) is 0. The van der Waals surface area contributed by atoms with Crippen LogP contribution in [0.25, 0.3) is 16.5 Å². The van der Waals surface area contributed by atoms with Gasteiger partial charge < -0.3 is 4.90 Å². The van der Waals surface area contributed by atoms with E-state index in [2.05, 4.69) is 36.9 Å². The second kappa shape index (κ2) is 5.49. The van der Waals surface area contributed by atoms with Crippen LogP contribution in [-0.2, 0) is 4.79 Å². The molecular weight excluding hydrogens is 246 g/mol. The number of nitrogens with zero attached hydrogens (tertiary/aromatic N) is 1. The number of benzene rings is 2. The molecule has 1 aliphatic rings. The molecule has 102 valence electrons. The van der Waals surface area contributed by atoms with E-state index in [4.69, 9.17) is 0 Å². The third-order valence-corrected chi connectivity index (χ3v) is 3.98. The van der Waals surface area contributed by atoms with E-state index in [1.807, 2.05) is 17.0 Å². The van der Waals surface area contributed by atoms with Gasteiger partial charge in [-0.1, -0.05) is 49.4 Å². The molecule has 0 radical (unpaired) electrons. The summed E-state index contributed by atoms with van der Waals surface area (Å²) in [5.41, 5.74) is 1.88. The van der Waals surface area contributed by atoms with Gasteiger partial charge in [0.05, 0.1) is 0 Å². The van der Waals surface area contributed by atoms with Crippen molar-refractivity contribution in [3.05, 3.63) is 54.6 Å². The van der Waals surface area contributed by atoms with Crippen molar-refractivity contribution < 1.29 is 4.79 Å². The maximum absolute atomic E-state index is 12.2. The molecule has 1 saturated heterocycles. The van der Waals surface area contributed by atoms with Crippen molar-refractivity contribution in [1.29, 1.82) is 0 Å². The van der Waals surface area contributed by atoms with Crippen molar-refractivity contribution in [3.8, 4) is 0 Å². The van der Waals surface area contributed by atoms with Gasteiger partial charge >= 0.3 is 0 Å². The second-order valence-electron chi connectivity index (χ2n) is 5.36. The largest absolute Gasteiger partial charge is 0.312 e. The van der Waals surface area contributed by atoms with Crippen LogP contribution in [0.15, 0.2) is 49.0 Å². The normalized spacial score (nSPS) is 16.2. The Morgan fingerprint density at radius 2 is 1.80 bits per heavy atom. The zero-order valence-electron chi connectivity index (χ0n) is 11.6. The third-order valence-electron chi connectivity index (χ3n) is 3.98. The molecule has 2 aromatic rings. The first-order valence-corrected chi connectivity index (χ1v) is 7.24. The van der Waals surface area contributed by atoms with Crippen molar-refractivity contribution in [1.82, 2.24) is 4.90 Å². The highest BCUT2D eigenvalue weighted by Gasteiger charge is 2.19. The Balaban J connectivity index is 1.93. The lowest BCUT2D eigenvalue weighted by Gasteiger charge is -2.23. The molecule has 2 nitrogen and oxygen atoms in total. The van der Waals surface area contributed by atoms with Crippen LogP contribution in [0.1, 0.15) is 31.2 Å². The van der Waals surface area contributed by atoms with Crippen molar-refractivity contribution in [2.75, 3.05) is 6.54 Å². The summed E-state index contributed by atoms with van der Waals surface area (Å²) in [5.74, 6) is 0.209. The molecule has 1 aliphatic heterocycles. The fourth-order valence-electron chi connectivity index (χ4n) is 2.79. The van der Waals surface area contributed by atoms with Crippen molar-refractivity contribution in [2.45, 2.75) is 25.7 Å². The van der Waals surface area contributed by atoms with Crippen LogP contribution in [0, 0.1) is 0 Å². The van der Waals surface area contributed by atoms with Gasteiger partial charge in [0.1, 0.15) is 0 Å². The van der Waals surface area contributed by atoms with E-state index in [1.165, 1.54) is 10.8 Å². The first kappa shape index (κ1) is 12.9. The first-order valence-electron chi connectivity index (χ1n) is 7.24. The number of hydrogen-bond donors (Lipinski definition) is 0. The minimum absolute atomic E-state index is 0.209. The van der Waals surface area contributed by atoms with Gasteiger partial charge in [0.15, 0.2) is 0 Å². The number of likely N-dealkylation sites (tertiary alicyclic amines) is 1. The SMILES string of the molecule is C=C(c1ccc2ccccc2c1)N1CCCCCC1=O. The number of rotatable bonds is 2. The monoisotopic (exact) mass is 265 g/mol. The Hall–Kier alpha value is -2.09. The molecule has 0 spiro atoms. The van der Waals surface area contributed by atoms with Gasteiger partial charge in [0, 0.05) is 18.7 Å². The summed E-state index contributed by atoms with van der Waals surface area (Å²) in [4.78, 5) is 14.0. The van der Waals surface area contributed by atoms with E-state index in [-0.39, 0.29) is 5.91 Å². The fourth-order valence-corrected chi connectivity index (χ4v) is 2.79. The predicted molar refractivity (Wildman–Crippen MR) is 83.2 cm³/mol. The average molecular weight is 265 g/mol. The van der Waals surface area contributed by atoms with Crippen LogP contribution in [0.5, 0.6) is 0 Å². The molecule has 1 amide bonds. The van der Waals surface area contributed by atoms with E-state index in [0.717, 1.165) is 37.1 Å². The van der Waals surface area contributed by atoms with Crippen molar-refractivity contribution in [2.24, 2.45) is 0 Å². The van der Waals surface area contributed by atoms with Crippen LogP contribution >= 0.6 is 0 Å². The zero-order chi connectivity index (χ0) is 13.9. The lowest BCUT2D eigenvalue weighted by Crippen LogP contribution is -2.28. The molecule has 20 heavy (non-hydrogen) atoms. The maximum Gasteiger partial charge on any atom is 0.226 e. The summed E-state index contributed by atoms with van der Waals surface area (Å²) >= 11 is 0. The van der Waals surface area contributed by atoms with Gasteiger partial charge in [0.2, 0.25) is 5.91 Å². The van der Waals surface area contributed by atoms with Crippen LogP contribution in [-0.4, -0.2) is 17.4 Å². The highest BCUT2D eigenvalue weighted by atomic mass is 16.2. The van der Waals surface area contributed by atoms with E-state index in [0.29, 0.717) is 6.42 Å². The topological polar surface area (TPSA) is 20.3 Å². The predicted octanol–water partition coefficient (Wildman–Crippen LogP) is 4.21. The van der Waals surface area contributed by atoms with Gasteiger partial charge in [-0.15, -0.1) is 0 Å². The Morgan fingerprint density at radius 3 is 2.65 bits per heavy atom. The highest BCUT2D eigenvalue weighted by Crippen LogP contribution is 2.25. The molecule has 0 unspecified atom stereocenters. The minimum atomic E-state index is 0.209. The molecule has 0 aromatic heterocycles. The van der Waals surface area contributed by atoms with Gasteiger partial charge in [-0.2, -0.15) is 0 Å². The number of carbonyl (C=O) groups is 1. The van der Waals surface area contributed by atoms with E-state index >= 15 is 0 Å². The van der Waals surface area contributed by atoms with Gasteiger partial charge in [-0.05, 0) is 35.2 Å². The zero-order valence-corrected chi connectivity index (χ0v) is 11.6. The number of fused-ring (bicyclic) bond motifs is 1. The molecule has 0 aliphatic carbocycles. The molecule has 0 atom stereocenters. The average Bonchev–Trinajstić information content (AvgIpc) is 2.70. The van der Waals surface area contributed by atoms with Crippen molar-refractivity contribution in [3.63, 3.8) is 0 Å². The lowest BCUT2D eigenvalue weighted by molar-refractivity contribution is -0.127. The summed E-state index contributed by atoms with van der Waals surface area (Å²) in [6.45, 7) is 4.95. The Labute approximate surface area is 119 Å². The van der Waals surface area contributed by atoms with E-state index in [9.17, 15) is 4.79 Å². The standard InChI is InChI=1S/C18H19NO/c1-14(19-12-6-2-3-9-18(19)20)16-11-10-15-7-4-5-8-17(15)13-16/h4-5,7-8,10-11,13H,1-3,6,9,12H2. The maximum atomic E-state index is 12.2. The first-order chi connectivity index (χ1) is 9.75. The van der Waals surface area contributed by atoms with Gasteiger partial charge in [-0.25, -0.2) is 0 Å². The van der Waals surface area contributed by atoms with Crippen LogP contribution in [0.2, 0.25) is 0 Å². The molecule has 2 heteroatoms. The summed E-state index contributed by atoms with van der Waals surface area (Å²) in [6, 6.07) is 14.5. The van der Waals surface area contributed by atoms with Gasteiger partial charge in [-0.3, -0.25) is 4.79 Å². The Morgan fingerprint density at radius 1 is 1.00 bits per heavy atom. The molecular formula is C18H19NO. The molecule has 1 heterocycles. The van der Waals surface area contributed by atoms with Crippen LogP contribution in [0.4, 0.5) is 0 Å². The van der Waals surface area contributed by atoms with E-state index < -0.39 is 0 Å². The van der Waals surface area contributed by atoms with Crippen molar-refractivity contribution >= 4 is 22.4 Å². The second-order valence-corrected chi connectivity index (χ2v) is 5.36. The van der Waals surface area contributed by atoms with Crippen LogP contribution < -0.4 is 0 Å². The summed E-state index contributed by atoms with van der Waals surface area (Å²) < 4.78 is 0. The molecule has 2 aromatic carbocycles. The molecule has 0 saturated carbocycles. The third kappa shape index (κ3) is 2.46. The van der Waals surface area contributed by atoms with Crippen LogP contribution in [0.3, 0.4) is 0 Å². The molecule has 0 bridgehead atoms.